The van der Waals surface area contributed by atoms with Gasteiger partial charge >= 0.3 is 10.1 Å². The van der Waals surface area contributed by atoms with Gasteiger partial charge in [0.2, 0.25) is 5.91 Å². The van der Waals surface area contributed by atoms with Crippen molar-refractivity contribution in [3.8, 4) is 5.75 Å². The Morgan fingerprint density at radius 1 is 1.20 bits per heavy atom. The molecule has 0 bridgehead atoms. The normalized spacial score (nSPS) is 14.5. The van der Waals surface area contributed by atoms with Crippen molar-refractivity contribution in [1.29, 1.82) is 0 Å². The van der Waals surface area contributed by atoms with Crippen LogP contribution in [-0.4, -0.2) is 14.3 Å². The first-order valence-corrected chi connectivity index (χ1v) is 8.24. The second-order valence-corrected chi connectivity index (χ2v) is 7.06. The zero-order valence-electron chi connectivity index (χ0n) is 10.3. The number of carbonyl (C=O) groups is 1. The number of aryl methyl sites for hydroxylation is 1. The Labute approximate surface area is 120 Å². The molecule has 2 aromatic rings. The molecular formula is C13H11NO4S2. The van der Waals surface area contributed by atoms with E-state index in [1.807, 2.05) is 0 Å². The maximum absolute atomic E-state index is 12.0. The number of rotatable bonds is 3. The zero-order chi connectivity index (χ0) is 14.2. The van der Waals surface area contributed by atoms with Gasteiger partial charge in [0.1, 0.15) is 5.75 Å². The van der Waals surface area contributed by atoms with Gasteiger partial charge in [-0.1, -0.05) is 6.07 Å². The summed E-state index contributed by atoms with van der Waals surface area (Å²) in [6.45, 7) is 0. The van der Waals surface area contributed by atoms with Crippen molar-refractivity contribution in [2.45, 2.75) is 17.1 Å². The Kier molecular flexibility index (Phi) is 3.23. The minimum absolute atomic E-state index is 0.0302. The van der Waals surface area contributed by atoms with E-state index in [0.717, 1.165) is 16.9 Å². The summed E-state index contributed by atoms with van der Waals surface area (Å²) < 4.78 is 29.3. The average molecular weight is 309 g/mol. The number of amides is 1. The van der Waals surface area contributed by atoms with Gasteiger partial charge in [-0.15, -0.1) is 11.3 Å². The smallest absolute Gasteiger partial charge is 0.348 e. The summed E-state index contributed by atoms with van der Waals surface area (Å²) in [6.07, 6.45) is 0.978. The van der Waals surface area contributed by atoms with E-state index >= 15 is 0 Å². The first kappa shape index (κ1) is 13.1. The van der Waals surface area contributed by atoms with Crippen molar-refractivity contribution in [2.24, 2.45) is 0 Å². The Morgan fingerprint density at radius 2 is 2.05 bits per heavy atom. The SMILES string of the molecule is O=C1CCc2cc(OS(=O)(=O)c3cccs3)ccc2N1. The second-order valence-electron chi connectivity index (χ2n) is 4.34. The molecule has 1 aliphatic rings. The molecule has 0 saturated heterocycles. The van der Waals surface area contributed by atoms with E-state index < -0.39 is 10.1 Å². The number of carbonyl (C=O) groups excluding carboxylic acids is 1. The molecule has 2 heterocycles. The molecule has 0 fully saturated rings. The highest BCUT2D eigenvalue weighted by Crippen LogP contribution is 2.29. The molecular weight excluding hydrogens is 298 g/mol. The van der Waals surface area contributed by atoms with Gasteiger partial charge in [-0.2, -0.15) is 8.42 Å². The molecule has 0 unspecified atom stereocenters. The summed E-state index contributed by atoms with van der Waals surface area (Å²) in [6, 6.07) is 8.00. The lowest BCUT2D eigenvalue weighted by Crippen LogP contribution is -2.19. The number of anilines is 1. The Balaban J connectivity index is 1.88. The van der Waals surface area contributed by atoms with Gasteiger partial charge in [0, 0.05) is 12.1 Å². The molecule has 0 atom stereocenters. The molecule has 1 amide bonds. The Bertz CT molecular complexity index is 751. The predicted octanol–water partition coefficient (Wildman–Crippen LogP) is 2.40. The Hall–Kier alpha value is -1.86. The van der Waals surface area contributed by atoms with Crippen LogP contribution >= 0.6 is 11.3 Å². The molecule has 0 aliphatic carbocycles. The standard InChI is InChI=1S/C13H11NO4S2/c15-12-6-3-9-8-10(4-5-11(9)14-12)18-20(16,17)13-2-1-7-19-13/h1-2,4-5,7-8H,3,6H2,(H,14,15). The van der Waals surface area contributed by atoms with Crippen LogP contribution in [0.3, 0.4) is 0 Å². The first-order chi connectivity index (χ1) is 9.54. The van der Waals surface area contributed by atoms with Gasteiger partial charge in [-0.05, 0) is 41.6 Å². The van der Waals surface area contributed by atoms with E-state index in [0.29, 0.717) is 18.5 Å². The van der Waals surface area contributed by atoms with Crippen molar-refractivity contribution < 1.29 is 17.4 Å². The molecule has 104 valence electrons. The van der Waals surface area contributed by atoms with E-state index in [1.165, 1.54) is 12.1 Å². The largest absolute Gasteiger partial charge is 0.378 e. The van der Waals surface area contributed by atoms with Crippen molar-refractivity contribution in [3.63, 3.8) is 0 Å². The van der Waals surface area contributed by atoms with Crippen molar-refractivity contribution in [2.75, 3.05) is 5.32 Å². The van der Waals surface area contributed by atoms with Crippen LogP contribution in [0.5, 0.6) is 5.75 Å². The molecule has 5 nitrogen and oxygen atoms in total. The molecule has 1 aromatic carbocycles. The van der Waals surface area contributed by atoms with E-state index in [2.05, 4.69) is 5.32 Å². The molecule has 0 radical (unpaired) electrons. The fraction of sp³-hybridized carbons (Fsp3) is 0.154. The van der Waals surface area contributed by atoms with Crippen LogP contribution in [-0.2, 0) is 21.3 Å². The zero-order valence-corrected chi connectivity index (χ0v) is 12.0. The number of benzene rings is 1. The quantitative estimate of drug-likeness (QED) is 0.884. The van der Waals surface area contributed by atoms with Crippen LogP contribution in [0.2, 0.25) is 0 Å². The van der Waals surface area contributed by atoms with Crippen molar-refractivity contribution in [3.05, 3.63) is 41.3 Å². The van der Waals surface area contributed by atoms with Crippen molar-refractivity contribution in [1.82, 2.24) is 0 Å². The van der Waals surface area contributed by atoms with Crippen LogP contribution in [0, 0.1) is 0 Å². The average Bonchev–Trinajstić information content (AvgIpc) is 2.93. The summed E-state index contributed by atoms with van der Waals surface area (Å²) in [5.74, 6) is 0.227. The van der Waals surface area contributed by atoms with E-state index in [9.17, 15) is 13.2 Å². The highest BCUT2D eigenvalue weighted by molar-refractivity contribution is 7.89. The summed E-state index contributed by atoms with van der Waals surface area (Å²) in [4.78, 5) is 11.3. The van der Waals surface area contributed by atoms with Crippen LogP contribution in [0.4, 0.5) is 5.69 Å². The highest BCUT2D eigenvalue weighted by atomic mass is 32.3. The monoisotopic (exact) mass is 309 g/mol. The van der Waals surface area contributed by atoms with Gasteiger partial charge in [-0.3, -0.25) is 4.79 Å². The van der Waals surface area contributed by atoms with Crippen LogP contribution in [0.15, 0.2) is 39.9 Å². The minimum Gasteiger partial charge on any atom is -0.378 e. The molecule has 3 rings (SSSR count). The lowest BCUT2D eigenvalue weighted by Gasteiger charge is -2.17. The molecule has 0 spiro atoms. The van der Waals surface area contributed by atoms with Crippen molar-refractivity contribution >= 4 is 33.0 Å². The summed E-state index contributed by atoms with van der Waals surface area (Å²) >= 11 is 1.11. The minimum atomic E-state index is -3.78. The lowest BCUT2D eigenvalue weighted by molar-refractivity contribution is -0.116. The maximum atomic E-state index is 12.0. The first-order valence-electron chi connectivity index (χ1n) is 5.95. The second kappa shape index (κ2) is 4.92. The summed E-state index contributed by atoms with van der Waals surface area (Å²) in [7, 11) is -3.78. The third-order valence-electron chi connectivity index (χ3n) is 2.92. The lowest BCUT2D eigenvalue weighted by atomic mass is 10.0. The van der Waals surface area contributed by atoms with E-state index in [4.69, 9.17) is 4.18 Å². The number of thiophene rings is 1. The molecule has 1 aromatic heterocycles. The van der Waals surface area contributed by atoms with E-state index in [-0.39, 0.29) is 15.9 Å². The van der Waals surface area contributed by atoms with Gasteiger partial charge < -0.3 is 9.50 Å². The third-order valence-corrected chi connectivity index (χ3v) is 5.52. The molecule has 20 heavy (non-hydrogen) atoms. The topological polar surface area (TPSA) is 72.5 Å². The van der Waals surface area contributed by atoms with Crippen LogP contribution < -0.4 is 9.50 Å². The molecule has 1 aliphatic heterocycles. The van der Waals surface area contributed by atoms with E-state index in [1.54, 1.807) is 23.6 Å². The number of fused-ring (bicyclic) bond motifs is 1. The molecule has 7 heteroatoms. The Morgan fingerprint density at radius 3 is 2.80 bits per heavy atom. The number of hydrogen-bond acceptors (Lipinski definition) is 5. The van der Waals surface area contributed by atoms with Gasteiger partial charge in [0.25, 0.3) is 0 Å². The molecule has 0 saturated carbocycles. The number of nitrogens with one attached hydrogen (secondary N) is 1. The van der Waals surface area contributed by atoms with Gasteiger partial charge in [0.05, 0.1) is 0 Å². The van der Waals surface area contributed by atoms with Crippen LogP contribution in [0.25, 0.3) is 0 Å². The maximum Gasteiger partial charge on any atom is 0.348 e. The van der Waals surface area contributed by atoms with Gasteiger partial charge in [-0.25, -0.2) is 0 Å². The summed E-state index contributed by atoms with van der Waals surface area (Å²) in [5.41, 5.74) is 1.59. The summed E-state index contributed by atoms with van der Waals surface area (Å²) in [5, 5.41) is 4.41. The molecule has 1 N–H and O–H groups in total. The highest BCUT2D eigenvalue weighted by Gasteiger charge is 2.20. The number of hydrogen-bond donors (Lipinski definition) is 1. The third kappa shape index (κ3) is 2.54. The fourth-order valence-electron chi connectivity index (χ4n) is 1.99. The fourth-order valence-corrected chi connectivity index (χ4v) is 3.86. The van der Waals surface area contributed by atoms with Gasteiger partial charge in [0.15, 0.2) is 4.21 Å². The predicted molar refractivity (Wildman–Crippen MR) is 75.5 cm³/mol. The van der Waals surface area contributed by atoms with Crippen LogP contribution in [0.1, 0.15) is 12.0 Å².